The highest BCUT2D eigenvalue weighted by Gasteiger charge is 2.05. The van der Waals surface area contributed by atoms with Gasteiger partial charge in [-0.25, -0.2) is 0 Å². The molecule has 21 heavy (non-hydrogen) atoms. The molecule has 1 aromatic heterocycles. The molecular formula is C18H19N3. The van der Waals surface area contributed by atoms with Gasteiger partial charge in [-0.05, 0) is 11.1 Å². The first kappa shape index (κ1) is 13.4. The monoisotopic (exact) mass is 277 g/mol. The molecule has 0 unspecified atom stereocenters. The number of anilines is 1. The third kappa shape index (κ3) is 3.51. The van der Waals surface area contributed by atoms with Crippen molar-refractivity contribution in [3.63, 3.8) is 0 Å². The van der Waals surface area contributed by atoms with Gasteiger partial charge in [0, 0.05) is 19.8 Å². The molecule has 0 spiro atoms. The molecule has 0 radical (unpaired) electrons. The molecule has 0 aliphatic carbocycles. The lowest BCUT2D eigenvalue weighted by molar-refractivity contribution is 0.686. The summed E-state index contributed by atoms with van der Waals surface area (Å²) in [7, 11) is 2.09. The summed E-state index contributed by atoms with van der Waals surface area (Å²) in [6.07, 6.45) is 4.02. The van der Waals surface area contributed by atoms with Crippen LogP contribution in [-0.4, -0.2) is 16.8 Å². The number of aromatic nitrogens is 2. The number of hydrogen-bond acceptors (Lipinski definition) is 2. The highest BCUT2D eigenvalue weighted by atomic mass is 15.3. The topological polar surface area (TPSA) is 21.1 Å². The van der Waals surface area contributed by atoms with Gasteiger partial charge < -0.3 is 4.90 Å². The Bertz CT molecular complexity index is 674. The van der Waals surface area contributed by atoms with Crippen molar-refractivity contribution in [3.8, 4) is 0 Å². The molecule has 0 aliphatic rings. The average molecular weight is 277 g/mol. The van der Waals surface area contributed by atoms with Gasteiger partial charge in [-0.15, -0.1) is 0 Å². The average Bonchev–Trinajstić information content (AvgIpc) is 2.98. The van der Waals surface area contributed by atoms with E-state index in [0.29, 0.717) is 0 Å². The van der Waals surface area contributed by atoms with Crippen molar-refractivity contribution in [1.82, 2.24) is 9.78 Å². The van der Waals surface area contributed by atoms with E-state index in [1.54, 1.807) is 0 Å². The van der Waals surface area contributed by atoms with Gasteiger partial charge >= 0.3 is 0 Å². The third-order valence-corrected chi connectivity index (χ3v) is 3.51. The number of nitrogens with zero attached hydrogens (tertiary/aromatic N) is 3. The Morgan fingerprint density at radius 1 is 0.905 bits per heavy atom. The van der Waals surface area contributed by atoms with E-state index >= 15 is 0 Å². The maximum absolute atomic E-state index is 4.45. The molecule has 1 heterocycles. The van der Waals surface area contributed by atoms with E-state index < -0.39 is 0 Å². The minimum Gasteiger partial charge on any atom is -0.368 e. The molecule has 0 amide bonds. The zero-order valence-electron chi connectivity index (χ0n) is 12.2. The van der Waals surface area contributed by atoms with Crippen molar-refractivity contribution in [3.05, 3.63) is 84.2 Å². The Hall–Kier alpha value is -2.55. The molecule has 3 aromatic rings. The first-order valence-electron chi connectivity index (χ1n) is 7.13. The van der Waals surface area contributed by atoms with E-state index in [0.717, 1.165) is 18.8 Å². The maximum atomic E-state index is 4.45. The van der Waals surface area contributed by atoms with Crippen LogP contribution in [0.25, 0.3) is 0 Å². The summed E-state index contributed by atoms with van der Waals surface area (Å²) in [6.45, 7) is 1.69. The Kier molecular flexibility index (Phi) is 4.01. The van der Waals surface area contributed by atoms with Crippen LogP contribution in [0.15, 0.2) is 73.1 Å². The van der Waals surface area contributed by atoms with Gasteiger partial charge in [0.15, 0.2) is 0 Å². The molecular weight excluding hydrogens is 258 g/mol. The summed E-state index contributed by atoms with van der Waals surface area (Å²) in [6, 6.07) is 20.9. The fraction of sp³-hybridized carbons (Fsp3) is 0.167. The first-order valence-corrected chi connectivity index (χ1v) is 7.13. The van der Waals surface area contributed by atoms with Gasteiger partial charge in [-0.1, -0.05) is 60.7 Å². The Balaban J connectivity index is 1.67. The molecule has 0 N–H and O–H groups in total. The van der Waals surface area contributed by atoms with Gasteiger partial charge in [-0.3, -0.25) is 4.68 Å². The SMILES string of the molecule is CN(Cc1ccccc1)c1cnn(Cc2ccccc2)c1. The number of rotatable bonds is 5. The van der Waals surface area contributed by atoms with Crippen LogP contribution < -0.4 is 4.90 Å². The van der Waals surface area contributed by atoms with Crippen LogP contribution in [0.5, 0.6) is 0 Å². The Morgan fingerprint density at radius 2 is 1.52 bits per heavy atom. The first-order chi connectivity index (χ1) is 10.3. The molecule has 0 aliphatic heterocycles. The summed E-state index contributed by atoms with van der Waals surface area (Å²) < 4.78 is 1.98. The van der Waals surface area contributed by atoms with Gasteiger partial charge in [-0.2, -0.15) is 5.10 Å². The minimum absolute atomic E-state index is 0.806. The summed E-state index contributed by atoms with van der Waals surface area (Å²) in [4.78, 5) is 2.21. The van der Waals surface area contributed by atoms with Crippen LogP contribution in [0.3, 0.4) is 0 Å². The summed E-state index contributed by atoms with van der Waals surface area (Å²) in [5.41, 5.74) is 3.70. The van der Waals surface area contributed by atoms with Crippen molar-refractivity contribution in [2.75, 3.05) is 11.9 Å². The fourth-order valence-electron chi connectivity index (χ4n) is 2.36. The predicted octanol–water partition coefficient (Wildman–Crippen LogP) is 3.57. The summed E-state index contributed by atoms with van der Waals surface area (Å²) in [5.74, 6) is 0. The molecule has 3 nitrogen and oxygen atoms in total. The molecule has 0 atom stereocenters. The van der Waals surface area contributed by atoms with Crippen LogP contribution in [0, 0.1) is 0 Å². The predicted molar refractivity (Wildman–Crippen MR) is 86.3 cm³/mol. The molecule has 3 rings (SSSR count). The smallest absolute Gasteiger partial charge is 0.0753 e. The molecule has 0 saturated heterocycles. The van der Waals surface area contributed by atoms with Gasteiger partial charge in [0.2, 0.25) is 0 Å². The zero-order valence-corrected chi connectivity index (χ0v) is 12.2. The van der Waals surface area contributed by atoms with Crippen LogP contribution in [0.2, 0.25) is 0 Å². The number of benzene rings is 2. The lowest BCUT2D eigenvalue weighted by Crippen LogP contribution is -2.15. The molecule has 0 saturated carbocycles. The second-order valence-corrected chi connectivity index (χ2v) is 5.22. The minimum atomic E-state index is 0.806. The molecule has 0 fully saturated rings. The van der Waals surface area contributed by atoms with Crippen LogP contribution in [0.4, 0.5) is 5.69 Å². The number of hydrogen-bond donors (Lipinski definition) is 0. The lowest BCUT2D eigenvalue weighted by Gasteiger charge is -2.16. The second-order valence-electron chi connectivity index (χ2n) is 5.22. The largest absolute Gasteiger partial charge is 0.368 e. The lowest BCUT2D eigenvalue weighted by atomic mass is 10.2. The van der Waals surface area contributed by atoms with Crippen molar-refractivity contribution in [2.45, 2.75) is 13.1 Å². The van der Waals surface area contributed by atoms with E-state index in [2.05, 4.69) is 71.8 Å². The van der Waals surface area contributed by atoms with Gasteiger partial charge in [0.1, 0.15) is 0 Å². The molecule has 2 aromatic carbocycles. The second kappa shape index (κ2) is 6.27. The normalized spacial score (nSPS) is 10.5. The molecule has 106 valence electrons. The van der Waals surface area contributed by atoms with E-state index in [9.17, 15) is 0 Å². The summed E-state index contributed by atoms with van der Waals surface area (Å²) >= 11 is 0. The zero-order chi connectivity index (χ0) is 14.5. The highest BCUT2D eigenvalue weighted by Crippen LogP contribution is 2.15. The van der Waals surface area contributed by atoms with E-state index in [4.69, 9.17) is 0 Å². The van der Waals surface area contributed by atoms with Gasteiger partial charge in [0.05, 0.1) is 18.4 Å². The third-order valence-electron chi connectivity index (χ3n) is 3.51. The quantitative estimate of drug-likeness (QED) is 0.711. The van der Waals surface area contributed by atoms with Crippen molar-refractivity contribution >= 4 is 5.69 Å². The van der Waals surface area contributed by atoms with E-state index in [1.165, 1.54) is 11.1 Å². The fourth-order valence-corrected chi connectivity index (χ4v) is 2.36. The van der Waals surface area contributed by atoms with Crippen LogP contribution in [0.1, 0.15) is 11.1 Å². The standard InChI is InChI=1S/C18H19N3/c1-20(13-16-8-4-2-5-9-16)18-12-19-21(15-18)14-17-10-6-3-7-11-17/h2-12,15H,13-14H2,1H3. The summed E-state index contributed by atoms with van der Waals surface area (Å²) in [5, 5.41) is 4.45. The van der Waals surface area contributed by atoms with E-state index in [1.807, 2.05) is 23.0 Å². The van der Waals surface area contributed by atoms with Gasteiger partial charge in [0.25, 0.3) is 0 Å². The maximum Gasteiger partial charge on any atom is 0.0753 e. The van der Waals surface area contributed by atoms with Crippen molar-refractivity contribution < 1.29 is 0 Å². The van der Waals surface area contributed by atoms with Crippen molar-refractivity contribution in [1.29, 1.82) is 0 Å². The molecule has 3 heteroatoms. The Labute approximate surface area is 125 Å². The Morgan fingerprint density at radius 3 is 2.19 bits per heavy atom. The van der Waals surface area contributed by atoms with Crippen molar-refractivity contribution in [2.24, 2.45) is 0 Å². The van der Waals surface area contributed by atoms with Crippen LogP contribution >= 0.6 is 0 Å². The van der Waals surface area contributed by atoms with Crippen LogP contribution in [-0.2, 0) is 13.1 Å². The van der Waals surface area contributed by atoms with E-state index in [-0.39, 0.29) is 0 Å². The highest BCUT2D eigenvalue weighted by molar-refractivity contribution is 5.42. The molecule has 0 bridgehead atoms.